The molecule has 4 heteroatoms. The standard InChI is InChI=1S/C25H29NO3/c27-23(25(14-18-28-19-15-25)21-7-2-1-3-8-21)26-16-12-24(13-17-26)11-10-20-6-4-5-9-22(20)29-24/h1-9H,10-19H2. The summed E-state index contributed by atoms with van der Waals surface area (Å²) in [5.41, 5.74) is 1.89. The Labute approximate surface area is 172 Å². The lowest BCUT2D eigenvalue weighted by atomic mass is 9.72. The largest absolute Gasteiger partial charge is 0.487 e. The Morgan fingerprint density at radius 2 is 1.52 bits per heavy atom. The first-order chi connectivity index (χ1) is 14.2. The van der Waals surface area contributed by atoms with Crippen molar-refractivity contribution in [1.82, 2.24) is 4.90 Å². The van der Waals surface area contributed by atoms with E-state index in [1.54, 1.807) is 0 Å². The first kappa shape index (κ1) is 18.7. The third kappa shape index (κ3) is 3.33. The van der Waals surface area contributed by atoms with E-state index in [0.29, 0.717) is 13.2 Å². The summed E-state index contributed by atoms with van der Waals surface area (Å²) in [6.45, 7) is 2.85. The lowest BCUT2D eigenvalue weighted by molar-refractivity contribution is -0.145. The van der Waals surface area contributed by atoms with Crippen LogP contribution in [0, 0.1) is 0 Å². The maximum Gasteiger partial charge on any atom is 0.233 e. The van der Waals surface area contributed by atoms with Gasteiger partial charge >= 0.3 is 0 Å². The summed E-state index contributed by atoms with van der Waals surface area (Å²) in [6.07, 6.45) is 5.46. The molecular weight excluding hydrogens is 362 g/mol. The third-order valence-electron chi connectivity index (χ3n) is 7.19. The van der Waals surface area contributed by atoms with Crippen LogP contribution in [0.1, 0.15) is 43.2 Å². The van der Waals surface area contributed by atoms with Crippen molar-refractivity contribution in [2.75, 3.05) is 26.3 Å². The molecule has 2 fully saturated rings. The van der Waals surface area contributed by atoms with E-state index in [4.69, 9.17) is 9.47 Å². The van der Waals surface area contributed by atoms with Crippen LogP contribution < -0.4 is 4.74 Å². The first-order valence-corrected chi connectivity index (χ1v) is 10.9. The lowest BCUT2D eigenvalue weighted by Gasteiger charge is -2.47. The Morgan fingerprint density at radius 1 is 0.828 bits per heavy atom. The smallest absolute Gasteiger partial charge is 0.233 e. The predicted molar refractivity (Wildman–Crippen MR) is 112 cm³/mol. The van der Waals surface area contributed by atoms with Gasteiger partial charge in [-0.25, -0.2) is 0 Å². The topological polar surface area (TPSA) is 38.8 Å². The van der Waals surface area contributed by atoms with Gasteiger partial charge in [0.05, 0.1) is 5.41 Å². The van der Waals surface area contributed by atoms with Gasteiger partial charge in [-0.3, -0.25) is 4.79 Å². The van der Waals surface area contributed by atoms with Crippen molar-refractivity contribution < 1.29 is 14.3 Å². The molecule has 0 saturated carbocycles. The van der Waals surface area contributed by atoms with E-state index in [0.717, 1.165) is 62.9 Å². The third-order valence-corrected chi connectivity index (χ3v) is 7.19. The van der Waals surface area contributed by atoms with Crippen LogP contribution in [0.2, 0.25) is 0 Å². The van der Waals surface area contributed by atoms with Crippen molar-refractivity contribution in [2.24, 2.45) is 0 Å². The molecule has 152 valence electrons. The lowest BCUT2D eigenvalue weighted by Crippen LogP contribution is -2.56. The van der Waals surface area contributed by atoms with Crippen LogP contribution in [0.5, 0.6) is 5.75 Å². The summed E-state index contributed by atoms with van der Waals surface area (Å²) < 4.78 is 12.1. The zero-order chi connectivity index (χ0) is 19.7. The molecule has 5 rings (SSSR count). The number of para-hydroxylation sites is 1. The van der Waals surface area contributed by atoms with E-state index in [2.05, 4.69) is 35.2 Å². The SMILES string of the molecule is O=C(N1CCC2(CCc3ccccc3O2)CC1)C1(c2ccccc2)CCOCC1. The van der Waals surface area contributed by atoms with Gasteiger partial charge in [0, 0.05) is 39.1 Å². The van der Waals surface area contributed by atoms with E-state index < -0.39 is 5.41 Å². The molecule has 2 aromatic rings. The van der Waals surface area contributed by atoms with Crippen LogP contribution in [-0.4, -0.2) is 42.7 Å². The molecule has 2 saturated heterocycles. The highest BCUT2D eigenvalue weighted by molar-refractivity contribution is 5.88. The van der Waals surface area contributed by atoms with Gasteiger partial charge in [0.25, 0.3) is 0 Å². The molecule has 0 aromatic heterocycles. The summed E-state index contributed by atoms with van der Waals surface area (Å²) >= 11 is 0. The van der Waals surface area contributed by atoms with Gasteiger partial charge in [-0.05, 0) is 42.9 Å². The van der Waals surface area contributed by atoms with Crippen LogP contribution in [-0.2, 0) is 21.4 Å². The van der Waals surface area contributed by atoms with Crippen LogP contribution in [0.15, 0.2) is 54.6 Å². The minimum atomic E-state index is -0.440. The Hall–Kier alpha value is -2.33. The van der Waals surface area contributed by atoms with Crippen LogP contribution in [0.4, 0.5) is 0 Å². The number of benzene rings is 2. The van der Waals surface area contributed by atoms with Crippen LogP contribution in [0.25, 0.3) is 0 Å². The second-order valence-corrected chi connectivity index (χ2v) is 8.75. The predicted octanol–water partition coefficient (Wildman–Crippen LogP) is 4.12. The number of piperidine rings is 1. The molecule has 29 heavy (non-hydrogen) atoms. The number of aryl methyl sites for hydroxylation is 1. The number of hydrogen-bond donors (Lipinski definition) is 0. The Balaban J connectivity index is 1.33. The molecule has 1 spiro atoms. The molecule has 0 unspecified atom stereocenters. The number of rotatable bonds is 2. The fourth-order valence-corrected chi connectivity index (χ4v) is 5.33. The van der Waals surface area contributed by atoms with E-state index >= 15 is 0 Å². The summed E-state index contributed by atoms with van der Waals surface area (Å²) in [5, 5.41) is 0. The van der Waals surface area contributed by atoms with Gasteiger partial charge in [-0.2, -0.15) is 0 Å². The summed E-state index contributed by atoms with van der Waals surface area (Å²) in [6, 6.07) is 18.7. The fourth-order valence-electron chi connectivity index (χ4n) is 5.33. The Morgan fingerprint density at radius 3 is 2.28 bits per heavy atom. The van der Waals surface area contributed by atoms with Crippen molar-refractivity contribution in [3.63, 3.8) is 0 Å². The maximum absolute atomic E-state index is 13.8. The molecule has 0 atom stereocenters. The molecule has 4 nitrogen and oxygen atoms in total. The van der Waals surface area contributed by atoms with Gasteiger partial charge in [0.2, 0.25) is 5.91 Å². The fraction of sp³-hybridized carbons (Fsp3) is 0.480. The van der Waals surface area contributed by atoms with Crippen molar-refractivity contribution in [1.29, 1.82) is 0 Å². The normalized spacial score (nSPS) is 22.6. The van der Waals surface area contributed by atoms with E-state index in [9.17, 15) is 4.79 Å². The molecule has 3 aliphatic rings. The number of nitrogens with zero attached hydrogens (tertiary/aromatic N) is 1. The summed E-state index contributed by atoms with van der Waals surface area (Å²) in [7, 11) is 0. The maximum atomic E-state index is 13.8. The second-order valence-electron chi connectivity index (χ2n) is 8.75. The van der Waals surface area contributed by atoms with Crippen LogP contribution >= 0.6 is 0 Å². The van der Waals surface area contributed by atoms with E-state index in [-0.39, 0.29) is 11.5 Å². The number of ether oxygens (including phenoxy) is 2. The number of carbonyl (C=O) groups is 1. The quantitative estimate of drug-likeness (QED) is 0.773. The highest BCUT2D eigenvalue weighted by atomic mass is 16.5. The zero-order valence-electron chi connectivity index (χ0n) is 16.9. The molecule has 3 aliphatic heterocycles. The molecule has 0 aliphatic carbocycles. The monoisotopic (exact) mass is 391 g/mol. The number of likely N-dealkylation sites (tertiary alicyclic amines) is 1. The molecule has 0 radical (unpaired) electrons. The minimum absolute atomic E-state index is 0.110. The minimum Gasteiger partial charge on any atom is -0.487 e. The van der Waals surface area contributed by atoms with E-state index in [1.165, 1.54) is 5.56 Å². The Kier molecular flexibility index (Phi) is 4.83. The molecule has 1 amide bonds. The molecule has 0 N–H and O–H groups in total. The molecule has 2 aromatic carbocycles. The second kappa shape index (κ2) is 7.49. The molecule has 0 bridgehead atoms. The van der Waals surface area contributed by atoms with Gasteiger partial charge in [0.15, 0.2) is 0 Å². The highest BCUT2D eigenvalue weighted by Crippen LogP contribution is 2.42. The average Bonchev–Trinajstić information content (AvgIpc) is 2.80. The number of amides is 1. The van der Waals surface area contributed by atoms with Crippen molar-refractivity contribution in [3.8, 4) is 5.75 Å². The first-order valence-electron chi connectivity index (χ1n) is 10.9. The summed E-state index contributed by atoms with van der Waals surface area (Å²) in [4.78, 5) is 15.9. The van der Waals surface area contributed by atoms with Gasteiger partial charge < -0.3 is 14.4 Å². The van der Waals surface area contributed by atoms with Crippen LogP contribution in [0.3, 0.4) is 0 Å². The van der Waals surface area contributed by atoms with Crippen molar-refractivity contribution >= 4 is 5.91 Å². The summed E-state index contributed by atoms with van der Waals surface area (Å²) in [5.74, 6) is 1.31. The van der Waals surface area contributed by atoms with E-state index in [1.807, 2.05) is 24.3 Å². The molecular formula is C25H29NO3. The zero-order valence-corrected chi connectivity index (χ0v) is 16.9. The van der Waals surface area contributed by atoms with Gasteiger partial charge in [0.1, 0.15) is 11.4 Å². The number of carbonyl (C=O) groups excluding carboxylic acids is 1. The van der Waals surface area contributed by atoms with Gasteiger partial charge in [-0.15, -0.1) is 0 Å². The van der Waals surface area contributed by atoms with Crippen molar-refractivity contribution in [2.45, 2.75) is 49.5 Å². The number of fused-ring (bicyclic) bond motifs is 1. The van der Waals surface area contributed by atoms with Crippen molar-refractivity contribution in [3.05, 3.63) is 65.7 Å². The molecule has 3 heterocycles. The Bertz CT molecular complexity index is 865. The highest BCUT2D eigenvalue weighted by Gasteiger charge is 2.47. The average molecular weight is 392 g/mol. The van der Waals surface area contributed by atoms with Gasteiger partial charge in [-0.1, -0.05) is 48.5 Å². The number of hydrogen-bond acceptors (Lipinski definition) is 3.